The number of rotatable bonds is 5. The molecule has 0 spiro atoms. The van der Waals surface area contributed by atoms with Gasteiger partial charge in [0, 0.05) is 23.9 Å². The summed E-state index contributed by atoms with van der Waals surface area (Å²) in [5.41, 5.74) is 1.93. The van der Waals surface area contributed by atoms with Crippen LogP contribution in [-0.4, -0.2) is 50.3 Å². The van der Waals surface area contributed by atoms with Crippen LogP contribution in [0.4, 0.5) is 11.8 Å². The van der Waals surface area contributed by atoms with Crippen LogP contribution in [0.3, 0.4) is 0 Å². The summed E-state index contributed by atoms with van der Waals surface area (Å²) in [6, 6.07) is 8.24. The number of nitrogens with zero attached hydrogens (tertiary/aromatic N) is 3. The predicted octanol–water partition coefficient (Wildman–Crippen LogP) is 4.67. The first-order valence-electron chi connectivity index (χ1n) is 12.3. The summed E-state index contributed by atoms with van der Waals surface area (Å²) in [5.74, 6) is 2.58. The smallest absolute Gasteiger partial charge is 0.227 e. The van der Waals surface area contributed by atoms with Crippen LogP contribution >= 0.6 is 11.6 Å². The Kier molecular flexibility index (Phi) is 6.91. The molecule has 1 aliphatic carbocycles. The van der Waals surface area contributed by atoms with E-state index in [1.807, 2.05) is 12.1 Å². The van der Waals surface area contributed by atoms with Gasteiger partial charge in [0.25, 0.3) is 0 Å². The summed E-state index contributed by atoms with van der Waals surface area (Å²) in [7, 11) is -1.11. The molecule has 2 atom stereocenters. The van der Waals surface area contributed by atoms with E-state index in [0.29, 0.717) is 17.5 Å². The maximum atomic E-state index is 13.1. The van der Waals surface area contributed by atoms with Crippen molar-refractivity contribution in [3.8, 4) is 0 Å². The molecule has 2 N–H and O–H groups in total. The number of hydrogen-bond acceptors (Lipinski definition) is 6. The minimum Gasteiger partial charge on any atom is -0.394 e. The second-order valence-electron chi connectivity index (χ2n) is 9.74. The molecule has 1 aromatic carbocycles. The lowest BCUT2D eigenvalue weighted by atomic mass is 9.77. The number of benzene rings is 1. The van der Waals surface area contributed by atoms with Crippen molar-refractivity contribution in [2.24, 2.45) is 0 Å². The third-order valence-electron chi connectivity index (χ3n) is 7.49. The van der Waals surface area contributed by atoms with E-state index >= 15 is 0 Å². The number of halogens is 1. The number of fused-ring (bicyclic) bond motifs is 1. The fraction of sp³-hybridized carbons (Fsp3) is 0.600. The molecule has 33 heavy (non-hydrogen) atoms. The highest BCUT2D eigenvalue weighted by atomic mass is 35.5. The zero-order chi connectivity index (χ0) is 22.8. The molecule has 0 radical (unpaired) electrons. The lowest BCUT2D eigenvalue weighted by molar-refractivity contribution is 0.143. The fourth-order valence-corrected chi connectivity index (χ4v) is 6.81. The molecule has 8 heteroatoms. The SMILES string of the molecule is O=[S@]1CCCCc2nc(N3CCCC(c4ccc(Cl)cc4)CC3)nc(NC3(CO)CCC3)c21. The molecule has 2 aromatic rings. The third-order valence-corrected chi connectivity index (χ3v) is 9.29. The summed E-state index contributed by atoms with van der Waals surface area (Å²) in [4.78, 5) is 13.0. The van der Waals surface area contributed by atoms with Crippen molar-refractivity contribution in [1.82, 2.24) is 9.97 Å². The largest absolute Gasteiger partial charge is 0.394 e. The van der Waals surface area contributed by atoms with Crippen molar-refractivity contribution in [3.05, 3.63) is 40.5 Å². The van der Waals surface area contributed by atoms with Crippen LogP contribution in [-0.2, 0) is 17.2 Å². The number of aliphatic hydroxyl groups is 1. The van der Waals surface area contributed by atoms with Crippen LogP contribution in [0.5, 0.6) is 0 Å². The molecule has 3 aliphatic rings. The molecule has 1 saturated carbocycles. The number of aliphatic hydroxyl groups excluding tert-OH is 1. The van der Waals surface area contributed by atoms with Gasteiger partial charge in [0.15, 0.2) is 0 Å². The van der Waals surface area contributed by atoms with Gasteiger partial charge in [-0.1, -0.05) is 23.7 Å². The molecule has 1 aromatic heterocycles. The number of anilines is 2. The van der Waals surface area contributed by atoms with Gasteiger partial charge in [-0.3, -0.25) is 4.21 Å². The lowest BCUT2D eigenvalue weighted by Gasteiger charge is -2.42. The van der Waals surface area contributed by atoms with E-state index < -0.39 is 10.8 Å². The van der Waals surface area contributed by atoms with Crippen LogP contribution in [0.1, 0.15) is 68.5 Å². The maximum Gasteiger partial charge on any atom is 0.227 e. The zero-order valence-electron chi connectivity index (χ0n) is 19.1. The van der Waals surface area contributed by atoms with E-state index in [1.54, 1.807) is 0 Å². The van der Waals surface area contributed by atoms with E-state index in [4.69, 9.17) is 21.6 Å². The van der Waals surface area contributed by atoms with Crippen LogP contribution in [0.25, 0.3) is 0 Å². The van der Waals surface area contributed by atoms with E-state index in [-0.39, 0.29) is 12.1 Å². The van der Waals surface area contributed by atoms with Gasteiger partial charge in [-0.15, -0.1) is 0 Å². The average Bonchev–Trinajstić information content (AvgIpc) is 3.15. The van der Waals surface area contributed by atoms with Crippen molar-refractivity contribution < 1.29 is 9.32 Å². The molecule has 2 fully saturated rings. The van der Waals surface area contributed by atoms with Crippen LogP contribution < -0.4 is 10.2 Å². The molecule has 2 aliphatic heterocycles. The number of nitrogens with one attached hydrogen (secondary N) is 1. The molecule has 3 heterocycles. The van der Waals surface area contributed by atoms with E-state index in [9.17, 15) is 9.32 Å². The number of hydrogen-bond donors (Lipinski definition) is 2. The van der Waals surface area contributed by atoms with Gasteiger partial charge in [0.05, 0.1) is 28.6 Å². The third kappa shape index (κ3) is 4.91. The van der Waals surface area contributed by atoms with E-state index in [0.717, 1.165) is 92.4 Å². The van der Waals surface area contributed by atoms with Crippen LogP contribution in [0, 0.1) is 0 Å². The highest BCUT2D eigenvalue weighted by Gasteiger charge is 2.38. The molecule has 1 saturated heterocycles. The van der Waals surface area contributed by atoms with Gasteiger partial charge in [-0.2, -0.15) is 4.98 Å². The Morgan fingerprint density at radius 3 is 2.64 bits per heavy atom. The summed E-state index contributed by atoms with van der Waals surface area (Å²) >= 11 is 6.08. The Bertz CT molecular complexity index is 1010. The van der Waals surface area contributed by atoms with Gasteiger partial charge in [0.2, 0.25) is 5.95 Å². The quantitative estimate of drug-likeness (QED) is 0.636. The Hall–Kier alpha value is -1.70. The van der Waals surface area contributed by atoms with Gasteiger partial charge in [-0.25, -0.2) is 4.98 Å². The van der Waals surface area contributed by atoms with Crippen molar-refractivity contribution in [3.63, 3.8) is 0 Å². The molecular formula is C25H33ClN4O2S. The van der Waals surface area contributed by atoms with Crippen molar-refractivity contribution >= 4 is 34.2 Å². The Morgan fingerprint density at radius 2 is 1.91 bits per heavy atom. The van der Waals surface area contributed by atoms with Gasteiger partial charge in [-0.05, 0) is 81.4 Å². The van der Waals surface area contributed by atoms with Gasteiger partial charge in [0.1, 0.15) is 10.7 Å². The topological polar surface area (TPSA) is 78.4 Å². The minimum atomic E-state index is -1.11. The first-order valence-corrected chi connectivity index (χ1v) is 14.0. The summed E-state index contributed by atoms with van der Waals surface area (Å²) in [5, 5.41) is 14.3. The molecule has 5 rings (SSSR count). The zero-order valence-corrected chi connectivity index (χ0v) is 20.6. The maximum absolute atomic E-state index is 13.1. The first kappa shape index (κ1) is 23.1. The molecule has 6 nitrogen and oxygen atoms in total. The second kappa shape index (κ2) is 9.88. The Balaban J connectivity index is 1.43. The van der Waals surface area contributed by atoms with E-state index in [1.165, 1.54) is 5.56 Å². The second-order valence-corrected chi connectivity index (χ2v) is 11.7. The fourth-order valence-electron chi connectivity index (χ4n) is 5.29. The number of aryl methyl sites for hydroxylation is 1. The standard InChI is InChI=1S/C25H33ClN4O2S/c26-20-9-7-19(8-10-20)18-5-3-14-30(15-11-18)24-27-21-6-1-2-16-33(32)22(21)23(28-24)29-25(17-31)12-4-13-25/h7-10,18,31H,1-6,11-17H2,(H,27,28,29)/t18?,33-/m0/s1. The minimum absolute atomic E-state index is 0.0697. The molecule has 0 bridgehead atoms. The Labute approximate surface area is 203 Å². The van der Waals surface area contributed by atoms with Gasteiger partial charge < -0.3 is 15.3 Å². The predicted molar refractivity (Wildman–Crippen MR) is 134 cm³/mol. The number of aromatic nitrogens is 2. The van der Waals surface area contributed by atoms with Gasteiger partial charge >= 0.3 is 0 Å². The monoisotopic (exact) mass is 488 g/mol. The summed E-state index contributed by atoms with van der Waals surface area (Å²) in [6.45, 7) is 1.87. The summed E-state index contributed by atoms with van der Waals surface area (Å²) in [6.07, 6.45) is 8.93. The highest BCUT2D eigenvalue weighted by molar-refractivity contribution is 7.85. The van der Waals surface area contributed by atoms with Crippen LogP contribution in [0.15, 0.2) is 29.2 Å². The Morgan fingerprint density at radius 1 is 1.09 bits per heavy atom. The summed E-state index contributed by atoms with van der Waals surface area (Å²) < 4.78 is 13.1. The van der Waals surface area contributed by atoms with Crippen LogP contribution in [0.2, 0.25) is 5.02 Å². The van der Waals surface area contributed by atoms with Crippen molar-refractivity contribution in [2.45, 2.75) is 74.1 Å². The molecular weight excluding hydrogens is 456 g/mol. The molecule has 178 valence electrons. The van der Waals surface area contributed by atoms with Crippen molar-refractivity contribution in [1.29, 1.82) is 0 Å². The normalized spacial score (nSPS) is 24.8. The average molecular weight is 489 g/mol. The molecule has 0 amide bonds. The first-order chi connectivity index (χ1) is 16.1. The van der Waals surface area contributed by atoms with Crippen molar-refractivity contribution in [2.75, 3.05) is 35.7 Å². The van der Waals surface area contributed by atoms with E-state index in [2.05, 4.69) is 22.3 Å². The molecule has 1 unspecified atom stereocenters. The highest BCUT2D eigenvalue weighted by Crippen LogP contribution is 2.38. The lowest BCUT2D eigenvalue weighted by Crippen LogP contribution is -2.49.